The van der Waals surface area contributed by atoms with Crippen molar-refractivity contribution >= 4 is 11.9 Å². The Morgan fingerprint density at radius 1 is 1.22 bits per heavy atom. The second-order valence-corrected chi connectivity index (χ2v) is 3.89. The van der Waals surface area contributed by atoms with E-state index in [9.17, 15) is 9.59 Å². The number of carbonyl (C=O) groups is 2. The number of amides is 3. The number of urea groups is 1. The van der Waals surface area contributed by atoms with Gasteiger partial charge >= 0.3 is 6.03 Å². The van der Waals surface area contributed by atoms with E-state index in [1.165, 1.54) is 21.3 Å². The monoisotopic (exact) mass is 250 g/mol. The Kier molecular flexibility index (Phi) is 3.10. The molecule has 0 bridgehead atoms. The Labute approximate surface area is 104 Å². The van der Waals surface area contributed by atoms with Gasteiger partial charge in [0.05, 0.1) is 14.2 Å². The molecule has 6 heteroatoms. The number of nitrogens with zero attached hydrogens (tertiary/aromatic N) is 1. The average Bonchev–Trinajstić information content (AvgIpc) is 2.65. The first-order valence-electron chi connectivity index (χ1n) is 5.38. The predicted octanol–water partition coefficient (Wildman–Crippen LogP) is 0.927. The summed E-state index contributed by atoms with van der Waals surface area (Å²) in [6.45, 7) is 0. The molecule has 18 heavy (non-hydrogen) atoms. The SMILES string of the molecule is COc1ccc(OC)c(C2NC(=O)N(C)C2=O)c1. The van der Waals surface area contributed by atoms with Gasteiger partial charge in [-0.3, -0.25) is 9.69 Å². The summed E-state index contributed by atoms with van der Waals surface area (Å²) in [5.41, 5.74) is 0.583. The standard InChI is InChI=1S/C12H14N2O4/c1-14-11(15)10(13-12(14)16)8-6-7(17-2)4-5-9(8)18-3/h4-6,10H,1-3H3,(H,13,16). The van der Waals surface area contributed by atoms with Crippen molar-refractivity contribution in [2.24, 2.45) is 0 Å². The van der Waals surface area contributed by atoms with Crippen LogP contribution in [0.15, 0.2) is 18.2 Å². The molecule has 0 spiro atoms. The normalized spacial score (nSPS) is 18.8. The van der Waals surface area contributed by atoms with Crippen LogP contribution in [0.25, 0.3) is 0 Å². The molecule has 1 saturated heterocycles. The number of ether oxygens (including phenoxy) is 2. The van der Waals surface area contributed by atoms with E-state index < -0.39 is 12.1 Å². The van der Waals surface area contributed by atoms with E-state index in [0.717, 1.165) is 4.90 Å². The van der Waals surface area contributed by atoms with Crippen LogP contribution in [-0.2, 0) is 4.79 Å². The van der Waals surface area contributed by atoms with Gasteiger partial charge in [0.15, 0.2) is 0 Å². The van der Waals surface area contributed by atoms with Crippen molar-refractivity contribution in [1.29, 1.82) is 0 Å². The minimum Gasteiger partial charge on any atom is -0.497 e. The maximum absolute atomic E-state index is 11.9. The Morgan fingerprint density at radius 3 is 2.44 bits per heavy atom. The maximum atomic E-state index is 11.9. The van der Waals surface area contributed by atoms with Gasteiger partial charge < -0.3 is 14.8 Å². The highest BCUT2D eigenvalue weighted by Crippen LogP contribution is 2.32. The van der Waals surface area contributed by atoms with Crippen LogP contribution in [0, 0.1) is 0 Å². The van der Waals surface area contributed by atoms with Crippen molar-refractivity contribution in [2.75, 3.05) is 21.3 Å². The van der Waals surface area contributed by atoms with Crippen molar-refractivity contribution in [3.8, 4) is 11.5 Å². The number of rotatable bonds is 3. The van der Waals surface area contributed by atoms with E-state index in [1.807, 2.05) is 0 Å². The molecule has 0 radical (unpaired) electrons. The van der Waals surface area contributed by atoms with Crippen LogP contribution >= 0.6 is 0 Å². The van der Waals surface area contributed by atoms with E-state index in [2.05, 4.69) is 5.32 Å². The molecule has 0 aromatic heterocycles. The number of likely N-dealkylation sites (N-methyl/N-ethyl adjacent to an activating group) is 1. The summed E-state index contributed by atoms with van der Waals surface area (Å²) in [5, 5.41) is 2.60. The van der Waals surface area contributed by atoms with Crippen molar-refractivity contribution in [1.82, 2.24) is 10.2 Å². The van der Waals surface area contributed by atoms with Gasteiger partial charge in [-0.2, -0.15) is 0 Å². The van der Waals surface area contributed by atoms with E-state index in [-0.39, 0.29) is 5.91 Å². The Balaban J connectivity index is 2.43. The Morgan fingerprint density at radius 2 is 1.94 bits per heavy atom. The number of hydrogen-bond acceptors (Lipinski definition) is 4. The fourth-order valence-electron chi connectivity index (χ4n) is 1.85. The largest absolute Gasteiger partial charge is 0.497 e. The van der Waals surface area contributed by atoms with Crippen molar-refractivity contribution in [3.05, 3.63) is 23.8 Å². The Bertz CT molecular complexity index is 501. The van der Waals surface area contributed by atoms with Crippen LogP contribution < -0.4 is 14.8 Å². The van der Waals surface area contributed by atoms with Gasteiger partial charge in [0.2, 0.25) is 0 Å². The molecule has 3 amide bonds. The average molecular weight is 250 g/mol. The summed E-state index contributed by atoms with van der Waals surface area (Å²) in [7, 11) is 4.48. The third-order valence-electron chi connectivity index (χ3n) is 2.90. The molecular weight excluding hydrogens is 236 g/mol. The third-order valence-corrected chi connectivity index (χ3v) is 2.90. The molecule has 0 saturated carbocycles. The number of methoxy groups -OCH3 is 2. The number of nitrogens with one attached hydrogen (secondary N) is 1. The minimum absolute atomic E-state index is 0.313. The minimum atomic E-state index is -0.729. The summed E-state index contributed by atoms with van der Waals surface area (Å²) in [6.07, 6.45) is 0. The molecule has 2 rings (SSSR count). The molecule has 0 aliphatic carbocycles. The van der Waals surface area contributed by atoms with Gasteiger partial charge in [-0.1, -0.05) is 0 Å². The lowest BCUT2D eigenvalue weighted by atomic mass is 10.1. The summed E-state index contributed by atoms with van der Waals surface area (Å²) in [5.74, 6) is 0.818. The van der Waals surface area contributed by atoms with Gasteiger partial charge in [-0.15, -0.1) is 0 Å². The summed E-state index contributed by atoms with van der Waals surface area (Å²) in [6, 6.07) is 3.96. The molecule has 1 aliphatic heterocycles. The molecule has 1 N–H and O–H groups in total. The third kappa shape index (κ3) is 1.85. The zero-order chi connectivity index (χ0) is 13.3. The number of hydrogen-bond donors (Lipinski definition) is 1. The van der Waals surface area contributed by atoms with Crippen LogP contribution in [0.3, 0.4) is 0 Å². The summed E-state index contributed by atoms with van der Waals surface area (Å²) in [4.78, 5) is 24.4. The van der Waals surface area contributed by atoms with Gasteiger partial charge in [-0.25, -0.2) is 4.79 Å². The van der Waals surface area contributed by atoms with Crippen LogP contribution in [0.1, 0.15) is 11.6 Å². The molecule has 1 unspecified atom stereocenters. The second kappa shape index (κ2) is 4.56. The zero-order valence-electron chi connectivity index (χ0n) is 10.4. The van der Waals surface area contributed by atoms with Crippen LogP contribution in [0.2, 0.25) is 0 Å². The smallest absolute Gasteiger partial charge is 0.324 e. The number of benzene rings is 1. The molecule has 1 aromatic rings. The molecule has 1 fully saturated rings. The van der Waals surface area contributed by atoms with Gasteiger partial charge in [0.25, 0.3) is 5.91 Å². The van der Waals surface area contributed by atoms with Gasteiger partial charge in [0, 0.05) is 12.6 Å². The first-order valence-corrected chi connectivity index (χ1v) is 5.38. The molecule has 1 heterocycles. The highest BCUT2D eigenvalue weighted by atomic mass is 16.5. The fourth-order valence-corrected chi connectivity index (χ4v) is 1.85. The number of imide groups is 1. The summed E-state index contributed by atoms with van der Waals surface area (Å²) >= 11 is 0. The van der Waals surface area contributed by atoms with Crippen molar-refractivity contribution < 1.29 is 19.1 Å². The second-order valence-electron chi connectivity index (χ2n) is 3.89. The van der Waals surface area contributed by atoms with E-state index in [1.54, 1.807) is 18.2 Å². The fraction of sp³-hybridized carbons (Fsp3) is 0.333. The Hall–Kier alpha value is -2.24. The molecular formula is C12H14N2O4. The van der Waals surface area contributed by atoms with Crippen LogP contribution in [0.4, 0.5) is 4.79 Å². The highest BCUT2D eigenvalue weighted by Gasteiger charge is 2.38. The van der Waals surface area contributed by atoms with E-state index in [4.69, 9.17) is 9.47 Å². The lowest BCUT2D eigenvalue weighted by Gasteiger charge is -2.14. The van der Waals surface area contributed by atoms with E-state index in [0.29, 0.717) is 17.1 Å². The maximum Gasteiger partial charge on any atom is 0.324 e. The molecule has 6 nitrogen and oxygen atoms in total. The highest BCUT2D eigenvalue weighted by molar-refractivity contribution is 6.04. The van der Waals surface area contributed by atoms with Gasteiger partial charge in [0.1, 0.15) is 17.5 Å². The van der Waals surface area contributed by atoms with Crippen LogP contribution in [-0.4, -0.2) is 38.1 Å². The first-order chi connectivity index (χ1) is 8.58. The predicted molar refractivity (Wildman–Crippen MR) is 63.6 cm³/mol. The lowest BCUT2D eigenvalue weighted by Crippen LogP contribution is -2.25. The van der Waals surface area contributed by atoms with Gasteiger partial charge in [-0.05, 0) is 18.2 Å². The molecule has 1 aliphatic rings. The van der Waals surface area contributed by atoms with E-state index >= 15 is 0 Å². The first kappa shape index (κ1) is 12.2. The molecule has 96 valence electrons. The molecule has 1 aromatic carbocycles. The zero-order valence-corrected chi connectivity index (χ0v) is 10.4. The van der Waals surface area contributed by atoms with Crippen molar-refractivity contribution in [3.63, 3.8) is 0 Å². The molecule has 1 atom stereocenters. The number of carbonyl (C=O) groups excluding carboxylic acids is 2. The topological polar surface area (TPSA) is 67.9 Å². The quantitative estimate of drug-likeness (QED) is 0.810. The van der Waals surface area contributed by atoms with Crippen molar-refractivity contribution in [2.45, 2.75) is 6.04 Å². The lowest BCUT2D eigenvalue weighted by molar-refractivity contribution is -0.126. The summed E-state index contributed by atoms with van der Waals surface area (Å²) < 4.78 is 10.3. The van der Waals surface area contributed by atoms with Crippen LogP contribution in [0.5, 0.6) is 11.5 Å².